The molecule has 3 saturated heterocycles. The Morgan fingerprint density at radius 1 is 1.35 bits per heavy atom. The first-order valence-corrected chi connectivity index (χ1v) is 7.71. The minimum atomic E-state index is -0.0217. The van der Waals surface area contributed by atoms with Gasteiger partial charge >= 0.3 is 0 Å². The van der Waals surface area contributed by atoms with E-state index in [1.54, 1.807) is 0 Å². The van der Waals surface area contributed by atoms with Crippen LogP contribution in [0.1, 0.15) is 43.5 Å². The SMILES string of the molecule is CC1CNCC1c1nc(C2CN3CCCC3CO2)no1. The smallest absolute Gasteiger partial charge is 0.231 e. The molecule has 0 bridgehead atoms. The molecule has 6 nitrogen and oxygen atoms in total. The predicted octanol–water partition coefficient (Wildman–Crippen LogP) is 0.928. The number of nitrogens with zero attached hydrogens (tertiary/aromatic N) is 3. The van der Waals surface area contributed by atoms with Crippen LogP contribution in [-0.4, -0.2) is 53.9 Å². The van der Waals surface area contributed by atoms with Crippen molar-refractivity contribution < 1.29 is 9.26 Å². The van der Waals surface area contributed by atoms with Gasteiger partial charge in [-0.25, -0.2) is 0 Å². The third-order valence-electron chi connectivity index (χ3n) is 4.97. The molecule has 0 spiro atoms. The highest BCUT2D eigenvalue weighted by molar-refractivity contribution is 5.03. The first kappa shape index (κ1) is 12.7. The summed E-state index contributed by atoms with van der Waals surface area (Å²) in [6, 6.07) is 0.608. The molecule has 0 amide bonds. The average Bonchev–Trinajstić information content (AvgIpc) is 3.17. The minimum Gasteiger partial charge on any atom is -0.367 e. The van der Waals surface area contributed by atoms with Crippen LogP contribution in [0.15, 0.2) is 4.52 Å². The number of rotatable bonds is 2. The number of ether oxygens (including phenoxy) is 1. The monoisotopic (exact) mass is 278 g/mol. The molecule has 3 aliphatic heterocycles. The Balaban J connectivity index is 1.47. The van der Waals surface area contributed by atoms with Crippen molar-refractivity contribution in [2.24, 2.45) is 5.92 Å². The van der Waals surface area contributed by atoms with E-state index in [2.05, 4.69) is 27.3 Å². The van der Waals surface area contributed by atoms with E-state index in [1.807, 2.05) is 0 Å². The first-order valence-electron chi connectivity index (χ1n) is 7.71. The van der Waals surface area contributed by atoms with Crippen LogP contribution in [0.4, 0.5) is 0 Å². The molecule has 0 radical (unpaired) electrons. The molecule has 0 aromatic carbocycles. The van der Waals surface area contributed by atoms with E-state index < -0.39 is 0 Å². The zero-order chi connectivity index (χ0) is 13.5. The van der Waals surface area contributed by atoms with Crippen molar-refractivity contribution in [3.63, 3.8) is 0 Å². The van der Waals surface area contributed by atoms with E-state index in [9.17, 15) is 0 Å². The molecular formula is C14H22N4O2. The normalized spacial score (nSPS) is 38.2. The summed E-state index contributed by atoms with van der Waals surface area (Å²) in [6.07, 6.45) is 2.52. The van der Waals surface area contributed by atoms with Crippen molar-refractivity contribution in [2.75, 3.05) is 32.8 Å². The highest BCUT2D eigenvalue weighted by Gasteiger charge is 2.36. The van der Waals surface area contributed by atoms with Crippen LogP contribution in [0.3, 0.4) is 0 Å². The van der Waals surface area contributed by atoms with Crippen LogP contribution >= 0.6 is 0 Å². The summed E-state index contributed by atoms with van der Waals surface area (Å²) in [5, 5.41) is 7.54. The molecule has 3 aliphatic rings. The third kappa shape index (κ3) is 2.16. The van der Waals surface area contributed by atoms with E-state index in [4.69, 9.17) is 9.26 Å². The Bertz CT molecular complexity index is 477. The molecule has 1 N–H and O–H groups in total. The second-order valence-corrected chi connectivity index (χ2v) is 6.35. The number of hydrogen-bond donors (Lipinski definition) is 1. The van der Waals surface area contributed by atoms with Gasteiger partial charge in [-0.3, -0.25) is 4.90 Å². The Labute approximate surface area is 118 Å². The first-order chi connectivity index (χ1) is 9.81. The molecule has 0 saturated carbocycles. The summed E-state index contributed by atoms with van der Waals surface area (Å²) in [5.41, 5.74) is 0. The fourth-order valence-corrected chi connectivity index (χ4v) is 3.64. The topological polar surface area (TPSA) is 63.4 Å². The van der Waals surface area contributed by atoms with Gasteiger partial charge in [0.25, 0.3) is 0 Å². The number of aromatic nitrogens is 2. The maximum atomic E-state index is 5.94. The fraction of sp³-hybridized carbons (Fsp3) is 0.857. The van der Waals surface area contributed by atoms with Crippen molar-refractivity contribution in [3.8, 4) is 0 Å². The van der Waals surface area contributed by atoms with Gasteiger partial charge in [0, 0.05) is 19.1 Å². The largest absolute Gasteiger partial charge is 0.367 e. The van der Waals surface area contributed by atoms with Gasteiger partial charge in [-0.1, -0.05) is 12.1 Å². The molecule has 3 fully saturated rings. The Kier molecular flexibility index (Phi) is 3.24. The number of morpholine rings is 1. The van der Waals surface area contributed by atoms with Gasteiger partial charge in [0.15, 0.2) is 0 Å². The molecule has 0 aliphatic carbocycles. The molecule has 20 heavy (non-hydrogen) atoms. The maximum absolute atomic E-state index is 5.94. The highest BCUT2D eigenvalue weighted by atomic mass is 16.5. The Hall–Kier alpha value is -0.980. The maximum Gasteiger partial charge on any atom is 0.231 e. The molecule has 6 heteroatoms. The summed E-state index contributed by atoms with van der Waals surface area (Å²) < 4.78 is 11.4. The van der Waals surface area contributed by atoms with Crippen molar-refractivity contribution >= 4 is 0 Å². The van der Waals surface area contributed by atoms with Crippen LogP contribution in [0, 0.1) is 5.92 Å². The molecule has 4 unspecified atom stereocenters. The van der Waals surface area contributed by atoms with Crippen molar-refractivity contribution in [2.45, 2.75) is 37.8 Å². The minimum absolute atomic E-state index is 0.0217. The lowest BCUT2D eigenvalue weighted by Crippen LogP contribution is -2.42. The molecule has 4 rings (SSSR count). The van der Waals surface area contributed by atoms with Gasteiger partial charge in [0.05, 0.1) is 12.5 Å². The summed E-state index contributed by atoms with van der Waals surface area (Å²) in [4.78, 5) is 7.12. The zero-order valence-corrected chi connectivity index (χ0v) is 11.9. The number of nitrogens with one attached hydrogen (secondary N) is 1. The lowest BCUT2D eigenvalue weighted by Gasteiger charge is -2.33. The molecular weight excluding hydrogens is 256 g/mol. The molecule has 1 aromatic rings. The molecule has 4 heterocycles. The summed E-state index contributed by atoms with van der Waals surface area (Å²) in [5.74, 6) is 2.40. The van der Waals surface area contributed by atoms with Crippen molar-refractivity contribution in [1.82, 2.24) is 20.4 Å². The predicted molar refractivity (Wildman–Crippen MR) is 72.4 cm³/mol. The van der Waals surface area contributed by atoms with Crippen LogP contribution in [-0.2, 0) is 4.74 Å². The standard InChI is InChI=1S/C14H22N4O2/c1-9-5-15-6-11(9)14-16-13(17-20-14)12-7-18-4-2-3-10(18)8-19-12/h9-12,15H,2-8H2,1H3. The van der Waals surface area contributed by atoms with E-state index in [0.29, 0.717) is 17.9 Å². The van der Waals surface area contributed by atoms with Gasteiger partial charge in [-0.2, -0.15) is 4.98 Å². The van der Waals surface area contributed by atoms with Crippen LogP contribution in [0.5, 0.6) is 0 Å². The van der Waals surface area contributed by atoms with E-state index in [1.165, 1.54) is 19.4 Å². The molecule has 4 atom stereocenters. The Morgan fingerprint density at radius 2 is 2.30 bits per heavy atom. The van der Waals surface area contributed by atoms with Crippen LogP contribution < -0.4 is 5.32 Å². The van der Waals surface area contributed by atoms with Crippen molar-refractivity contribution in [1.29, 1.82) is 0 Å². The number of hydrogen-bond acceptors (Lipinski definition) is 6. The van der Waals surface area contributed by atoms with Crippen LogP contribution in [0.2, 0.25) is 0 Å². The zero-order valence-electron chi connectivity index (χ0n) is 11.9. The lowest BCUT2D eigenvalue weighted by atomic mass is 9.98. The third-order valence-corrected chi connectivity index (χ3v) is 4.97. The Morgan fingerprint density at radius 3 is 3.15 bits per heavy atom. The van der Waals surface area contributed by atoms with Gasteiger partial charge in [0.1, 0.15) is 6.10 Å². The molecule has 1 aromatic heterocycles. The van der Waals surface area contributed by atoms with Gasteiger partial charge in [-0.15, -0.1) is 0 Å². The van der Waals surface area contributed by atoms with Gasteiger partial charge < -0.3 is 14.6 Å². The summed E-state index contributed by atoms with van der Waals surface area (Å²) in [7, 11) is 0. The van der Waals surface area contributed by atoms with E-state index in [0.717, 1.165) is 38.0 Å². The molecule has 110 valence electrons. The number of fused-ring (bicyclic) bond motifs is 1. The van der Waals surface area contributed by atoms with E-state index >= 15 is 0 Å². The second-order valence-electron chi connectivity index (χ2n) is 6.35. The lowest BCUT2D eigenvalue weighted by molar-refractivity contribution is -0.0548. The quantitative estimate of drug-likeness (QED) is 0.868. The highest BCUT2D eigenvalue weighted by Crippen LogP contribution is 2.31. The van der Waals surface area contributed by atoms with Gasteiger partial charge in [-0.05, 0) is 31.8 Å². The van der Waals surface area contributed by atoms with Crippen molar-refractivity contribution in [3.05, 3.63) is 11.7 Å². The van der Waals surface area contributed by atoms with E-state index in [-0.39, 0.29) is 6.10 Å². The fourth-order valence-electron chi connectivity index (χ4n) is 3.64. The average molecular weight is 278 g/mol. The van der Waals surface area contributed by atoms with Gasteiger partial charge in [0.2, 0.25) is 11.7 Å². The summed E-state index contributed by atoms with van der Waals surface area (Å²) in [6.45, 7) is 7.07. The summed E-state index contributed by atoms with van der Waals surface area (Å²) >= 11 is 0. The van der Waals surface area contributed by atoms with Crippen LogP contribution in [0.25, 0.3) is 0 Å². The second kappa shape index (κ2) is 5.09.